The van der Waals surface area contributed by atoms with Crippen LogP contribution in [0.1, 0.15) is 11.1 Å². The molecule has 0 saturated carbocycles. The van der Waals surface area contributed by atoms with E-state index in [0.717, 1.165) is 17.2 Å². The molecule has 0 aliphatic heterocycles. The molecule has 0 aliphatic rings. The van der Waals surface area contributed by atoms with Gasteiger partial charge in [-0.05, 0) is 11.1 Å². The molecular weight excluding hydrogens is 208 g/mol. The number of anilines is 1. The molecule has 0 spiro atoms. The molecule has 5 heteroatoms. The fourth-order valence-electron chi connectivity index (χ4n) is 1.22. The molecule has 0 aliphatic carbocycles. The second-order valence-electron chi connectivity index (χ2n) is 3.12. The van der Waals surface area contributed by atoms with Crippen LogP contribution in [-0.2, 0) is 13.1 Å². The van der Waals surface area contributed by atoms with Crippen molar-refractivity contribution in [3.05, 3.63) is 40.9 Å². The van der Waals surface area contributed by atoms with Crippen LogP contribution >= 0.6 is 11.3 Å². The van der Waals surface area contributed by atoms with Crippen LogP contribution in [0.25, 0.3) is 0 Å². The molecule has 1 aromatic carbocycles. The van der Waals surface area contributed by atoms with Crippen molar-refractivity contribution in [3.63, 3.8) is 0 Å². The van der Waals surface area contributed by atoms with E-state index >= 15 is 0 Å². The molecule has 1 aromatic heterocycles. The van der Waals surface area contributed by atoms with Crippen molar-refractivity contribution in [1.29, 1.82) is 0 Å². The number of aromatic nitrogens is 2. The maximum absolute atomic E-state index is 5.52. The summed E-state index contributed by atoms with van der Waals surface area (Å²) in [6, 6.07) is 8.21. The Morgan fingerprint density at radius 3 is 2.53 bits per heavy atom. The van der Waals surface area contributed by atoms with E-state index in [4.69, 9.17) is 5.73 Å². The van der Waals surface area contributed by atoms with Crippen LogP contribution in [0, 0.1) is 0 Å². The van der Waals surface area contributed by atoms with Crippen LogP contribution < -0.4 is 11.1 Å². The van der Waals surface area contributed by atoms with Crippen molar-refractivity contribution in [2.24, 2.45) is 5.73 Å². The van der Waals surface area contributed by atoms with Gasteiger partial charge in [0.25, 0.3) is 0 Å². The molecule has 15 heavy (non-hydrogen) atoms. The summed E-state index contributed by atoms with van der Waals surface area (Å²) in [5.41, 5.74) is 9.59. The van der Waals surface area contributed by atoms with E-state index in [1.54, 1.807) is 5.51 Å². The third kappa shape index (κ3) is 2.74. The van der Waals surface area contributed by atoms with Gasteiger partial charge in [-0.1, -0.05) is 35.6 Å². The third-order valence-electron chi connectivity index (χ3n) is 2.06. The Kier molecular flexibility index (Phi) is 3.26. The van der Waals surface area contributed by atoms with Gasteiger partial charge in [-0.2, -0.15) is 0 Å². The Morgan fingerprint density at radius 2 is 1.93 bits per heavy atom. The monoisotopic (exact) mass is 220 g/mol. The number of hydrogen-bond donors (Lipinski definition) is 2. The zero-order valence-electron chi connectivity index (χ0n) is 8.18. The lowest BCUT2D eigenvalue weighted by Crippen LogP contribution is -2.00. The van der Waals surface area contributed by atoms with Gasteiger partial charge in [-0.3, -0.25) is 0 Å². The average Bonchev–Trinajstić information content (AvgIpc) is 2.80. The summed E-state index contributed by atoms with van der Waals surface area (Å²) in [7, 11) is 0. The predicted molar refractivity (Wildman–Crippen MR) is 61.6 cm³/mol. The normalized spacial score (nSPS) is 10.2. The van der Waals surface area contributed by atoms with Gasteiger partial charge in [0, 0.05) is 13.1 Å². The first-order valence-corrected chi connectivity index (χ1v) is 5.54. The van der Waals surface area contributed by atoms with Gasteiger partial charge in [0.15, 0.2) is 0 Å². The number of rotatable bonds is 4. The molecule has 0 saturated heterocycles. The van der Waals surface area contributed by atoms with Crippen LogP contribution in [0.5, 0.6) is 0 Å². The summed E-state index contributed by atoms with van der Waals surface area (Å²) in [6.07, 6.45) is 0. The minimum atomic E-state index is 0.587. The van der Waals surface area contributed by atoms with Crippen molar-refractivity contribution >= 4 is 16.5 Å². The fourth-order valence-corrected chi connectivity index (χ4v) is 1.66. The highest BCUT2D eigenvalue weighted by Gasteiger charge is 1.96. The highest BCUT2D eigenvalue weighted by molar-refractivity contribution is 7.13. The van der Waals surface area contributed by atoms with Crippen LogP contribution in [0.4, 0.5) is 5.13 Å². The highest BCUT2D eigenvalue weighted by atomic mass is 32.1. The summed E-state index contributed by atoms with van der Waals surface area (Å²) < 4.78 is 0. The van der Waals surface area contributed by atoms with Gasteiger partial charge in [0.05, 0.1) is 0 Å². The zero-order valence-corrected chi connectivity index (χ0v) is 9.00. The molecule has 0 amide bonds. The van der Waals surface area contributed by atoms with Gasteiger partial charge in [-0.15, -0.1) is 10.2 Å². The quantitative estimate of drug-likeness (QED) is 0.821. The topological polar surface area (TPSA) is 63.8 Å². The third-order valence-corrected chi connectivity index (χ3v) is 2.71. The van der Waals surface area contributed by atoms with Crippen LogP contribution in [-0.4, -0.2) is 10.2 Å². The zero-order chi connectivity index (χ0) is 10.5. The molecule has 2 rings (SSSR count). The number of hydrogen-bond acceptors (Lipinski definition) is 5. The van der Waals surface area contributed by atoms with Gasteiger partial charge in [0.2, 0.25) is 5.13 Å². The maximum Gasteiger partial charge on any atom is 0.205 e. The Balaban J connectivity index is 1.93. The average molecular weight is 220 g/mol. The standard InChI is InChI=1S/C10H12N4S/c11-5-8-1-3-9(4-2-8)6-12-10-14-13-7-15-10/h1-4,7H,5-6,11H2,(H,12,14). The predicted octanol–water partition coefficient (Wildman–Crippen LogP) is 1.61. The molecule has 4 nitrogen and oxygen atoms in total. The lowest BCUT2D eigenvalue weighted by atomic mass is 10.1. The fraction of sp³-hybridized carbons (Fsp3) is 0.200. The summed E-state index contributed by atoms with van der Waals surface area (Å²) >= 11 is 1.50. The summed E-state index contributed by atoms with van der Waals surface area (Å²) in [4.78, 5) is 0. The van der Waals surface area contributed by atoms with E-state index in [2.05, 4.69) is 27.6 Å². The minimum absolute atomic E-state index is 0.587. The highest BCUT2D eigenvalue weighted by Crippen LogP contribution is 2.10. The molecular formula is C10H12N4S. The lowest BCUT2D eigenvalue weighted by molar-refractivity contribution is 1.04. The number of benzene rings is 1. The van der Waals surface area contributed by atoms with Gasteiger partial charge >= 0.3 is 0 Å². The summed E-state index contributed by atoms with van der Waals surface area (Å²) in [6.45, 7) is 1.35. The summed E-state index contributed by atoms with van der Waals surface area (Å²) in [5, 5.41) is 11.7. The van der Waals surface area contributed by atoms with Gasteiger partial charge < -0.3 is 11.1 Å². The van der Waals surface area contributed by atoms with Crippen molar-refractivity contribution in [3.8, 4) is 0 Å². The largest absolute Gasteiger partial charge is 0.356 e. The van der Waals surface area contributed by atoms with Crippen molar-refractivity contribution < 1.29 is 0 Å². The van der Waals surface area contributed by atoms with Gasteiger partial charge in [-0.25, -0.2) is 0 Å². The van der Waals surface area contributed by atoms with Crippen LogP contribution in [0.2, 0.25) is 0 Å². The first kappa shape index (κ1) is 10.1. The Hall–Kier alpha value is -1.46. The molecule has 0 atom stereocenters. The molecule has 0 unspecified atom stereocenters. The van der Waals surface area contributed by atoms with E-state index < -0.39 is 0 Å². The van der Waals surface area contributed by atoms with E-state index in [-0.39, 0.29) is 0 Å². The first-order chi connectivity index (χ1) is 7.38. The van der Waals surface area contributed by atoms with Gasteiger partial charge in [0.1, 0.15) is 5.51 Å². The van der Waals surface area contributed by atoms with E-state index in [9.17, 15) is 0 Å². The Bertz CT molecular complexity index is 396. The second-order valence-corrected chi connectivity index (χ2v) is 3.95. The smallest absolute Gasteiger partial charge is 0.205 e. The van der Waals surface area contributed by atoms with Crippen LogP contribution in [0.15, 0.2) is 29.8 Å². The Labute approximate surface area is 92.2 Å². The molecule has 3 N–H and O–H groups in total. The van der Waals surface area contributed by atoms with Crippen molar-refractivity contribution in [2.75, 3.05) is 5.32 Å². The summed E-state index contributed by atoms with van der Waals surface area (Å²) in [5.74, 6) is 0. The minimum Gasteiger partial charge on any atom is -0.356 e. The van der Waals surface area contributed by atoms with Crippen molar-refractivity contribution in [1.82, 2.24) is 10.2 Å². The van der Waals surface area contributed by atoms with Crippen molar-refractivity contribution in [2.45, 2.75) is 13.1 Å². The van der Waals surface area contributed by atoms with E-state index in [1.165, 1.54) is 16.9 Å². The number of nitrogens with two attached hydrogens (primary N) is 1. The van der Waals surface area contributed by atoms with E-state index in [0.29, 0.717) is 6.54 Å². The number of nitrogens with zero attached hydrogens (tertiary/aromatic N) is 2. The van der Waals surface area contributed by atoms with E-state index in [1.807, 2.05) is 12.1 Å². The lowest BCUT2D eigenvalue weighted by Gasteiger charge is -2.03. The molecule has 2 aromatic rings. The first-order valence-electron chi connectivity index (χ1n) is 4.66. The second kappa shape index (κ2) is 4.86. The Morgan fingerprint density at radius 1 is 1.20 bits per heavy atom. The molecule has 0 bridgehead atoms. The maximum atomic E-state index is 5.52. The number of nitrogens with one attached hydrogen (secondary N) is 1. The molecule has 78 valence electrons. The molecule has 1 heterocycles. The molecule has 0 radical (unpaired) electrons. The SMILES string of the molecule is NCc1ccc(CNc2nncs2)cc1. The van der Waals surface area contributed by atoms with Crippen LogP contribution in [0.3, 0.4) is 0 Å². The molecule has 0 fully saturated rings.